The van der Waals surface area contributed by atoms with E-state index in [0.717, 1.165) is 4.88 Å². The quantitative estimate of drug-likeness (QED) is 0.847. The number of thiophene rings is 1. The smallest absolute Gasteiger partial charge is 0.409 e. The van der Waals surface area contributed by atoms with Gasteiger partial charge in [-0.3, -0.25) is 0 Å². The highest BCUT2D eigenvalue weighted by Crippen LogP contribution is 2.25. The number of aryl methyl sites for hydroxylation is 1. The van der Waals surface area contributed by atoms with Crippen molar-refractivity contribution in [1.82, 2.24) is 9.21 Å². The van der Waals surface area contributed by atoms with Gasteiger partial charge in [0.1, 0.15) is 4.21 Å². The van der Waals surface area contributed by atoms with Crippen molar-refractivity contribution in [1.29, 1.82) is 0 Å². The van der Waals surface area contributed by atoms with Gasteiger partial charge in [-0.2, -0.15) is 4.31 Å². The summed E-state index contributed by atoms with van der Waals surface area (Å²) in [5.74, 6) is 0. The summed E-state index contributed by atoms with van der Waals surface area (Å²) in [6.45, 7) is 5.28. The Balaban J connectivity index is 2.02. The second kappa shape index (κ2) is 6.11. The van der Waals surface area contributed by atoms with Crippen molar-refractivity contribution in [2.24, 2.45) is 0 Å². The molecule has 1 aromatic heterocycles. The number of hydrogen-bond acceptors (Lipinski definition) is 5. The van der Waals surface area contributed by atoms with E-state index in [9.17, 15) is 13.2 Å². The van der Waals surface area contributed by atoms with Crippen LogP contribution in [-0.2, 0) is 14.8 Å². The Morgan fingerprint density at radius 3 is 2.45 bits per heavy atom. The highest BCUT2D eigenvalue weighted by Gasteiger charge is 2.31. The first-order chi connectivity index (χ1) is 9.45. The third kappa shape index (κ3) is 3.13. The van der Waals surface area contributed by atoms with Crippen molar-refractivity contribution in [2.75, 3.05) is 32.8 Å². The summed E-state index contributed by atoms with van der Waals surface area (Å²) in [5.41, 5.74) is 0. The number of carbonyl (C=O) groups is 1. The fourth-order valence-electron chi connectivity index (χ4n) is 2.00. The predicted octanol–water partition coefficient (Wildman–Crippen LogP) is 1.52. The zero-order chi connectivity index (χ0) is 14.8. The van der Waals surface area contributed by atoms with Crippen molar-refractivity contribution >= 4 is 27.5 Å². The number of rotatable bonds is 3. The minimum atomic E-state index is -3.43. The molecule has 0 radical (unpaired) electrons. The first-order valence-electron chi connectivity index (χ1n) is 6.43. The minimum absolute atomic E-state index is 0.304. The van der Waals surface area contributed by atoms with Crippen LogP contribution in [0.1, 0.15) is 11.8 Å². The molecule has 1 aliphatic rings. The molecule has 0 bridgehead atoms. The van der Waals surface area contributed by atoms with Gasteiger partial charge >= 0.3 is 6.09 Å². The van der Waals surface area contributed by atoms with Gasteiger partial charge in [0.05, 0.1) is 6.61 Å². The van der Waals surface area contributed by atoms with Crippen LogP contribution in [0.2, 0.25) is 0 Å². The van der Waals surface area contributed by atoms with E-state index in [1.807, 2.05) is 6.92 Å². The van der Waals surface area contributed by atoms with Crippen LogP contribution in [0.4, 0.5) is 4.79 Å². The van der Waals surface area contributed by atoms with Gasteiger partial charge < -0.3 is 9.64 Å². The third-order valence-electron chi connectivity index (χ3n) is 3.07. The maximum absolute atomic E-state index is 12.4. The summed E-state index contributed by atoms with van der Waals surface area (Å²) < 4.78 is 31.5. The van der Waals surface area contributed by atoms with Crippen molar-refractivity contribution in [3.63, 3.8) is 0 Å². The molecule has 0 saturated carbocycles. The van der Waals surface area contributed by atoms with Crippen LogP contribution in [0.3, 0.4) is 0 Å². The van der Waals surface area contributed by atoms with Gasteiger partial charge in [0, 0.05) is 31.1 Å². The minimum Gasteiger partial charge on any atom is -0.450 e. The zero-order valence-electron chi connectivity index (χ0n) is 11.5. The molecule has 0 spiro atoms. The number of amides is 1. The lowest BCUT2D eigenvalue weighted by Crippen LogP contribution is -2.50. The van der Waals surface area contributed by atoms with Crippen LogP contribution in [0, 0.1) is 6.92 Å². The summed E-state index contributed by atoms with van der Waals surface area (Å²) in [7, 11) is -3.43. The van der Waals surface area contributed by atoms with Crippen LogP contribution in [0.25, 0.3) is 0 Å². The monoisotopic (exact) mass is 318 g/mol. The maximum atomic E-state index is 12.4. The molecule has 2 heterocycles. The molecule has 1 amide bonds. The van der Waals surface area contributed by atoms with Crippen molar-refractivity contribution in [2.45, 2.75) is 18.1 Å². The molecule has 2 rings (SSSR count). The van der Waals surface area contributed by atoms with Crippen LogP contribution >= 0.6 is 11.3 Å². The summed E-state index contributed by atoms with van der Waals surface area (Å²) in [6.07, 6.45) is -0.378. The van der Waals surface area contributed by atoms with Crippen molar-refractivity contribution in [3.05, 3.63) is 17.0 Å². The number of piperazine rings is 1. The summed E-state index contributed by atoms with van der Waals surface area (Å²) in [5, 5.41) is 0. The Morgan fingerprint density at radius 2 is 1.95 bits per heavy atom. The first-order valence-corrected chi connectivity index (χ1v) is 8.69. The highest BCUT2D eigenvalue weighted by molar-refractivity contribution is 7.91. The molecule has 0 aromatic carbocycles. The Bertz CT molecular complexity index is 574. The molecular weight excluding hydrogens is 300 g/mol. The molecule has 1 aromatic rings. The van der Waals surface area contributed by atoms with E-state index in [0.29, 0.717) is 37.0 Å². The lowest BCUT2D eigenvalue weighted by molar-refractivity contribution is 0.0934. The van der Waals surface area contributed by atoms with Crippen LogP contribution < -0.4 is 0 Å². The molecule has 1 fully saturated rings. The molecule has 0 aliphatic carbocycles. The van der Waals surface area contributed by atoms with Gasteiger partial charge in [-0.1, -0.05) is 0 Å². The van der Waals surface area contributed by atoms with E-state index >= 15 is 0 Å². The zero-order valence-corrected chi connectivity index (χ0v) is 13.2. The molecule has 6 nitrogen and oxygen atoms in total. The largest absolute Gasteiger partial charge is 0.450 e. The fraction of sp³-hybridized carbons (Fsp3) is 0.583. The molecule has 1 saturated heterocycles. The van der Waals surface area contributed by atoms with Crippen LogP contribution in [0.5, 0.6) is 0 Å². The third-order valence-corrected chi connectivity index (χ3v) is 6.44. The Morgan fingerprint density at radius 1 is 1.30 bits per heavy atom. The fourth-order valence-corrected chi connectivity index (χ4v) is 4.86. The average Bonchev–Trinajstić information content (AvgIpc) is 2.86. The van der Waals surface area contributed by atoms with Crippen molar-refractivity contribution < 1.29 is 17.9 Å². The number of carbonyl (C=O) groups excluding carboxylic acids is 1. The molecular formula is C12H18N2O4S2. The van der Waals surface area contributed by atoms with Crippen molar-refractivity contribution in [3.8, 4) is 0 Å². The van der Waals surface area contributed by atoms with Gasteiger partial charge in [-0.15, -0.1) is 11.3 Å². The number of hydrogen-bond donors (Lipinski definition) is 0. The van der Waals surface area contributed by atoms with E-state index in [-0.39, 0.29) is 6.09 Å². The molecule has 112 valence electrons. The second-order valence-corrected chi connectivity index (χ2v) is 7.91. The Labute approximate surface area is 123 Å². The average molecular weight is 318 g/mol. The van der Waals surface area contributed by atoms with Gasteiger partial charge in [0.25, 0.3) is 10.0 Å². The Kier molecular flexibility index (Phi) is 4.66. The summed E-state index contributed by atoms with van der Waals surface area (Å²) in [6, 6.07) is 3.43. The number of sulfonamides is 1. The summed E-state index contributed by atoms with van der Waals surface area (Å²) in [4.78, 5) is 14.1. The molecule has 0 atom stereocenters. The van der Waals surface area contributed by atoms with E-state index in [2.05, 4.69) is 0 Å². The Hall–Kier alpha value is -1.12. The second-order valence-electron chi connectivity index (χ2n) is 4.46. The number of nitrogens with zero attached hydrogens (tertiary/aromatic N) is 2. The van der Waals surface area contributed by atoms with Gasteiger partial charge in [-0.05, 0) is 26.0 Å². The highest BCUT2D eigenvalue weighted by atomic mass is 32.2. The van der Waals surface area contributed by atoms with E-state index in [1.54, 1.807) is 19.1 Å². The van der Waals surface area contributed by atoms with E-state index < -0.39 is 10.0 Å². The van der Waals surface area contributed by atoms with Gasteiger partial charge in [0.15, 0.2) is 0 Å². The molecule has 0 N–H and O–H groups in total. The lowest BCUT2D eigenvalue weighted by atomic mass is 10.4. The lowest BCUT2D eigenvalue weighted by Gasteiger charge is -2.32. The maximum Gasteiger partial charge on any atom is 0.409 e. The first kappa shape index (κ1) is 15.3. The molecule has 8 heteroatoms. The van der Waals surface area contributed by atoms with Crippen LogP contribution in [-0.4, -0.2) is 56.5 Å². The van der Waals surface area contributed by atoms with Gasteiger partial charge in [0.2, 0.25) is 0 Å². The summed E-state index contributed by atoms with van der Waals surface area (Å²) >= 11 is 1.27. The van der Waals surface area contributed by atoms with E-state index in [1.165, 1.54) is 20.5 Å². The van der Waals surface area contributed by atoms with Gasteiger partial charge in [-0.25, -0.2) is 13.2 Å². The normalized spacial score (nSPS) is 17.2. The number of ether oxygens (including phenoxy) is 1. The molecule has 1 aliphatic heterocycles. The SMILES string of the molecule is CCOC(=O)N1CCN(S(=O)(=O)c2ccc(C)s2)CC1. The standard InChI is InChI=1S/C12H18N2O4S2/c1-3-18-12(15)13-6-8-14(9-7-13)20(16,17)11-5-4-10(2)19-11/h4-5H,3,6-9H2,1-2H3. The molecule has 20 heavy (non-hydrogen) atoms. The van der Waals surface area contributed by atoms with Crippen LogP contribution in [0.15, 0.2) is 16.3 Å². The molecule has 0 unspecified atom stereocenters. The topological polar surface area (TPSA) is 66.9 Å². The predicted molar refractivity (Wildman–Crippen MR) is 76.4 cm³/mol. The van der Waals surface area contributed by atoms with E-state index in [4.69, 9.17) is 4.74 Å².